The van der Waals surface area contributed by atoms with Gasteiger partial charge in [-0.05, 0) is 64.3 Å². The molecule has 0 saturated carbocycles. The fraction of sp³-hybridized carbons (Fsp3) is 0.182. The average Bonchev–Trinajstić information content (AvgIpc) is 2.94. The smallest absolute Gasteiger partial charge is 0.0676 e. The van der Waals surface area contributed by atoms with Crippen LogP contribution < -0.4 is 0 Å². The molecule has 3 aliphatic carbocycles. The van der Waals surface area contributed by atoms with Gasteiger partial charge in [-0.3, -0.25) is 0 Å². The monoisotopic (exact) mass is 284 g/mol. The average molecular weight is 284 g/mol. The van der Waals surface area contributed by atoms with Crippen LogP contribution in [0.3, 0.4) is 0 Å². The molecule has 0 fully saturated rings. The minimum Gasteiger partial charge on any atom is -0.0984 e. The largest absolute Gasteiger partial charge is 0.0984 e. The fourth-order valence-electron chi connectivity index (χ4n) is 4.52. The molecule has 0 bridgehead atoms. The number of fused-ring (bicyclic) bond motifs is 4. The summed E-state index contributed by atoms with van der Waals surface area (Å²) in [5.41, 5.74) is 9.92. The highest BCUT2D eigenvalue weighted by Crippen LogP contribution is 2.63. The van der Waals surface area contributed by atoms with Gasteiger partial charge in [0.2, 0.25) is 0 Å². The maximum atomic E-state index is 4.46. The molecule has 108 valence electrons. The highest BCUT2D eigenvalue weighted by Gasteiger charge is 2.53. The first-order valence-corrected chi connectivity index (χ1v) is 7.88. The normalized spacial score (nSPS) is 26.0. The zero-order chi connectivity index (χ0) is 15.5. The molecule has 0 saturated heterocycles. The molecule has 1 aromatic carbocycles. The van der Waals surface area contributed by atoms with E-state index in [1.165, 1.54) is 33.4 Å². The first-order chi connectivity index (χ1) is 10.6. The van der Waals surface area contributed by atoms with E-state index in [0.29, 0.717) is 0 Å². The van der Waals surface area contributed by atoms with Crippen molar-refractivity contribution in [3.05, 3.63) is 101 Å². The molecule has 1 unspecified atom stereocenters. The number of hydrogen-bond donors (Lipinski definition) is 0. The lowest BCUT2D eigenvalue weighted by atomic mass is 9.69. The topological polar surface area (TPSA) is 0 Å². The van der Waals surface area contributed by atoms with Gasteiger partial charge in [0.25, 0.3) is 0 Å². The lowest BCUT2D eigenvalue weighted by Crippen LogP contribution is -2.26. The van der Waals surface area contributed by atoms with E-state index >= 15 is 0 Å². The number of hydrogen-bond acceptors (Lipinski definition) is 0. The lowest BCUT2D eigenvalue weighted by molar-refractivity contribution is 0.753. The molecule has 0 radical (unpaired) electrons. The van der Waals surface area contributed by atoms with Crippen LogP contribution in [0, 0.1) is 0 Å². The SMILES string of the molecule is C=CC1=C(C)C2(C(=C)C(=C)c3ccccc32)C2=CCCC=C21. The number of benzene rings is 1. The van der Waals surface area contributed by atoms with Gasteiger partial charge in [0.05, 0.1) is 5.41 Å². The Morgan fingerprint density at radius 2 is 1.82 bits per heavy atom. The van der Waals surface area contributed by atoms with Gasteiger partial charge in [-0.25, -0.2) is 0 Å². The zero-order valence-electron chi connectivity index (χ0n) is 13.1. The van der Waals surface area contributed by atoms with E-state index < -0.39 is 0 Å². The molecule has 0 heteroatoms. The molecule has 0 heterocycles. The standard InChI is InChI=1S/C22H20/c1-5-17-16(4)22(21-13-9-7-11-19(17)21)15(3)14(2)18-10-6-8-12-20(18)22/h5-6,8,10-13H,1-3,7,9H2,4H3. The van der Waals surface area contributed by atoms with Crippen molar-refractivity contribution in [3.8, 4) is 0 Å². The fourth-order valence-corrected chi connectivity index (χ4v) is 4.52. The Morgan fingerprint density at radius 1 is 1.09 bits per heavy atom. The molecule has 0 aliphatic heterocycles. The van der Waals surface area contributed by atoms with E-state index in [9.17, 15) is 0 Å². The summed E-state index contributed by atoms with van der Waals surface area (Å²) < 4.78 is 0. The quantitative estimate of drug-likeness (QED) is 0.623. The highest BCUT2D eigenvalue weighted by molar-refractivity contribution is 5.95. The third kappa shape index (κ3) is 1.29. The van der Waals surface area contributed by atoms with E-state index in [0.717, 1.165) is 24.0 Å². The summed E-state index contributed by atoms with van der Waals surface area (Å²) in [6.07, 6.45) is 8.97. The van der Waals surface area contributed by atoms with Gasteiger partial charge in [0, 0.05) is 0 Å². The van der Waals surface area contributed by atoms with Crippen LogP contribution in [-0.4, -0.2) is 0 Å². The first kappa shape index (κ1) is 13.3. The van der Waals surface area contributed by atoms with E-state index in [1.54, 1.807) is 0 Å². The van der Waals surface area contributed by atoms with E-state index in [4.69, 9.17) is 0 Å². The minimum atomic E-state index is -0.219. The Bertz CT molecular complexity index is 839. The molecule has 0 aromatic heterocycles. The van der Waals surface area contributed by atoms with E-state index in [1.807, 2.05) is 6.08 Å². The molecule has 4 rings (SSSR count). The second-order valence-corrected chi connectivity index (χ2v) is 6.31. The molecule has 22 heavy (non-hydrogen) atoms. The van der Waals surface area contributed by atoms with E-state index in [2.05, 4.69) is 63.1 Å². The molecule has 0 nitrogen and oxygen atoms in total. The van der Waals surface area contributed by atoms with Crippen molar-refractivity contribution in [2.75, 3.05) is 0 Å². The first-order valence-electron chi connectivity index (χ1n) is 7.88. The molecule has 3 aliphatic rings. The Hall–Kier alpha value is -2.34. The number of rotatable bonds is 1. The third-order valence-electron chi connectivity index (χ3n) is 5.49. The summed E-state index contributed by atoms with van der Waals surface area (Å²) in [6, 6.07) is 8.62. The van der Waals surface area contributed by atoms with Gasteiger partial charge in [-0.15, -0.1) is 0 Å². The van der Waals surface area contributed by atoms with Gasteiger partial charge in [-0.2, -0.15) is 0 Å². The van der Waals surface area contributed by atoms with E-state index in [-0.39, 0.29) is 5.41 Å². The van der Waals surface area contributed by atoms with Gasteiger partial charge in [0.15, 0.2) is 0 Å². The minimum absolute atomic E-state index is 0.219. The Balaban J connectivity index is 2.14. The summed E-state index contributed by atoms with van der Waals surface area (Å²) in [7, 11) is 0. The molecular weight excluding hydrogens is 264 g/mol. The van der Waals surface area contributed by atoms with Crippen LogP contribution in [0.2, 0.25) is 0 Å². The third-order valence-corrected chi connectivity index (χ3v) is 5.49. The molecule has 0 amide bonds. The lowest BCUT2D eigenvalue weighted by Gasteiger charge is -2.32. The summed E-state index contributed by atoms with van der Waals surface area (Å²) >= 11 is 0. The number of allylic oxidation sites excluding steroid dienone is 9. The van der Waals surface area contributed by atoms with Crippen molar-refractivity contribution in [2.24, 2.45) is 0 Å². The molecule has 1 atom stereocenters. The van der Waals surface area contributed by atoms with Crippen LogP contribution in [-0.2, 0) is 5.41 Å². The molecule has 1 aromatic rings. The van der Waals surface area contributed by atoms with Crippen molar-refractivity contribution in [2.45, 2.75) is 25.2 Å². The van der Waals surface area contributed by atoms with Gasteiger partial charge >= 0.3 is 0 Å². The Kier molecular flexibility index (Phi) is 2.62. The van der Waals surface area contributed by atoms with Crippen LogP contribution >= 0.6 is 0 Å². The van der Waals surface area contributed by atoms with Crippen LogP contribution in [0.1, 0.15) is 30.9 Å². The summed E-state index contributed by atoms with van der Waals surface area (Å²) in [4.78, 5) is 0. The molecular formula is C22H20. The summed E-state index contributed by atoms with van der Waals surface area (Å²) in [5.74, 6) is 0. The Morgan fingerprint density at radius 3 is 2.59 bits per heavy atom. The van der Waals surface area contributed by atoms with Gasteiger partial charge in [0.1, 0.15) is 0 Å². The zero-order valence-corrected chi connectivity index (χ0v) is 13.1. The van der Waals surface area contributed by atoms with Crippen LogP contribution in [0.15, 0.2) is 90.1 Å². The summed E-state index contributed by atoms with van der Waals surface area (Å²) in [5, 5.41) is 0. The van der Waals surface area contributed by atoms with Crippen LogP contribution in [0.5, 0.6) is 0 Å². The second-order valence-electron chi connectivity index (χ2n) is 6.31. The van der Waals surface area contributed by atoms with Gasteiger partial charge < -0.3 is 0 Å². The highest BCUT2D eigenvalue weighted by atomic mass is 14.5. The van der Waals surface area contributed by atoms with Crippen molar-refractivity contribution >= 4 is 5.57 Å². The van der Waals surface area contributed by atoms with Gasteiger partial charge in [-0.1, -0.05) is 62.2 Å². The summed E-state index contributed by atoms with van der Waals surface area (Å²) in [6.45, 7) is 15.1. The van der Waals surface area contributed by atoms with Crippen molar-refractivity contribution in [1.29, 1.82) is 0 Å². The molecule has 0 N–H and O–H groups in total. The maximum absolute atomic E-state index is 4.46. The predicted octanol–water partition coefficient (Wildman–Crippen LogP) is 5.67. The van der Waals surface area contributed by atoms with Crippen molar-refractivity contribution < 1.29 is 0 Å². The predicted molar refractivity (Wildman–Crippen MR) is 94.6 cm³/mol. The Labute approximate surface area is 132 Å². The van der Waals surface area contributed by atoms with Crippen LogP contribution in [0.25, 0.3) is 5.57 Å². The van der Waals surface area contributed by atoms with Crippen molar-refractivity contribution in [1.82, 2.24) is 0 Å². The molecule has 1 spiro atoms. The van der Waals surface area contributed by atoms with Crippen LogP contribution in [0.4, 0.5) is 0 Å². The second kappa shape index (κ2) is 4.33. The van der Waals surface area contributed by atoms with Crippen molar-refractivity contribution in [3.63, 3.8) is 0 Å². The maximum Gasteiger partial charge on any atom is 0.0676 e.